The summed E-state index contributed by atoms with van der Waals surface area (Å²) < 4.78 is 5.01. The Labute approximate surface area is 122 Å². The molecule has 0 bridgehead atoms. The molecule has 20 heavy (non-hydrogen) atoms. The molecule has 0 saturated heterocycles. The van der Waals surface area contributed by atoms with Crippen molar-refractivity contribution in [3.63, 3.8) is 0 Å². The Morgan fingerprint density at radius 2 is 2.10 bits per heavy atom. The van der Waals surface area contributed by atoms with Gasteiger partial charge in [-0.25, -0.2) is 4.98 Å². The first-order valence-electron chi connectivity index (χ1n) is 6.42. The maximum absolute atomic E-state index is 11.8. The predicted molar refractivity (Wildman–Crippen MR) is 79.6 cm³/mol. The highest BCUT2D eigenvalue weighted by atomic mass is 32.1. The summed E-state index contributed by atoms with van der Waals surface area (Å²) in [5, 5.41) is 5.70. The summed E-state index contributed by atoms with van der Waals surface area (Å²) >= 11 is 1.52. The van der Waals surface area contributed by atoms with Crippen molar-refractivity contribution in [3.05, 3.63) is 51.5 Å². The van der Waals surface area contributed by atoms with E-state index in [4.69, 9.17) is 4.74 Å². The highest BCUT2D eigenvalue weighted by Crippen LogP contribution is 2.11. The molecule has 0 saturated carbocycles. The fraction of sp³-hybridized carbons (Fsp3) is 0.333. The van der Waals surface area contributed by atoms with Crippen LogP contribution < -0.4 is 5.32 Å². The number of carbonyl (C=O) groups is 1. The first-order chi connectivity index (χ1) is 9.67. The van der Waals surface area contributed by atoms with Crippen molar-refractivity contribution in [2.24, 2.45) is 0 Å². The second kappa shape index (κ2) is 7.17. The first kappa shape index (κ1) is 14.7. The molecule has 0 atom stereocenters. The number of nitrogens with zero attached hydrogens (tertiary/aromatic N) is 1. The highest BCUT2D eigenvalue weighted by molar-refractivity contribution is 7.09. The van der Waals surface area contributed by atoms with Crippen molar-refractivity contribution >= 4 is 17.2 Å². The fourth-order valence-corrected chi connectivity index (χ4v) is 2.52. The van der Waals surface area contributed by atoms with Gasteiger partial charge in [0.2, 0.25) is 5.91 Å². The fourth-order valence-electron chi connectivity index (χ4n) is 1.75. The van der Waals surface area contributed by atoms with Gasteiger partial charge in [-0.3, -0.25) is 4.79 Å². The maximum atomic E-state index is 11.8. The van der Waals surface area contributed by atoms with Gasteiger partial charge in [-0.1, -0.05) is 29.8 Å². The molecule has 1 amide bonds. The maximum Gasteiger partial charge on any atom is 0.226 e. The number of rotatable bonds is 6. The van der Waals surface area contributed by atoms with Crippen LogP contribution in [0.4, 0.5) is 0 Å². The summed E-state index contributed by atoms with van der Waals surface area (Å²) in [6.07, 6.45) is 0.312. The van der Waals surface area contributed by atoms with Crippen LogP contribution in [0.5, 0.6) is 0 Å². The summed E-state index contributed by atoms with van der Waals surface area (Å²) in [6.45, 7) is 3.09. The lowest BCUT2D eigenvalue weighted by Crippen LogP contribution is -2.24. The van der Waals surface area contributed by atoms with Crippen LogP contribution in [-0.2, 0) is 29.1 Å². The zero-order valence-corrected chi connectivity index (χ0v) is 12.5. The molecule has 0 aliphatic carbocycles. The van der Waals surface area contributed by atoms with Crippen molar-refractivity contribution in [3.8, 4) is 0 Å². The van der Waals surface area contributed by atoms with E-state index in [0.29, 0.717) is 19.6 Å². The van der Waals surface area contributed by atoms with Crippen LogP contribution >= 0.6 is 11.3 Å². The average Bonchev–Trinajstić information content (AvgIpc) is 2.86. The lowest BCUT2D eigenvalue weighted by atomic mass is 10.1. The molecule has 0 unspecified atom stereocenters. The van der Waals surface area contributed by atoms with Gasteiger partial charge in [0.05, 0.1) is 18.7 Å². The number of nitrogens with one attached hydrogen (secondary N) is 1. The van der Waals surface area contributed by atoms with Crippen molar-refractivity contribution < 1.29 is 9.53 Å². The summed E-state index contributed by atoms with van der Waals surface area (Å²) in [6, 6.07) is 8.13. The summed E-state index contributed by atoms with van der Waals surface area (Å²) in [4.78, 5) is 16.2. The van der Waals surface area contributed by atoms with Crippen LogP contribution in [-0.4, -0.2) is 18.0 Å². The third-order valence-corrected chi connectivity index (χ3v) is 3.69. The van der Waals surface area contributed by atoms with E-state index in [9.17, 15) is 4.79 Å². The molecule has 0 spiro atoms. The topological polar surface area (TPSA) is 51.2 Å². The number of hydrogen-bond donors (Lipinski definition) is 1. The molecular formula is C15H18N2O2S. The van der Waals surface area contributed by atoms with Gasteiger partial charge in [0.1, 0.15) is 5.01 Å². The molecule has 2 rings (SSSR count). The van der Waals surface area contributed by atoms with E-state index < -0.39 is 0 Å². The zero-order chi connectivity index (χ0) is 14.4. The Kier molecular flexibility index (Phi) is 5.26. The summed E-state index contributed by atoms with van der Waals surface area (Å²) in [7, 11) is 1.63. The lowest BCUT2D eigenvalue weighted by Gasteiger charge is -2.04. The number of hydrogen-bond acceptors (Lipinski definition) is 4. The first-order valence-corrected chi connectivity index (χ1v) is 7.30. The van der Waals surface area contributed by atoms with Gasteiger partial charge in [0.15, 0.2) is 0 Å². The lowest BCUT2D eigenvalue weighted by molar-refractivity contribution is -0.120. The van der Waals surface area contributed by atoms with E-state index in [1.807, 2.05) is 36.6 Å². The zero-order valence-electron chi connectivity index (χ0n) is 11.7. The molecule has 0 aliphatic heterocycles. The Morgan fingerprint density at radius 1 is 1.35 bits per heavy atom. The molecule has 2 aromatic rings. The van der Waals surface area contributed by atoms with Gasteiger partial charge in [-0.2, -0.15) is 0 Å². The monoisotopic (exact) mass is 290 g/mol. The van der Waals surface area contributed by atoms with Crippen LogP contribution in [0.1, 0.15) is 21.8 Å². The molecule has 1 aromatic heterocycles. The normalized spacial score (nSPS) is 10.5. The molecule has 1 aromatic carbocycles. The molecule has 0 fully saturated rings. The second-order valence-corrected chi connectivity index (χ2v) is 5.55. The van der Waals surface area contributed by atoms with Gasteiger partial charge in [0, 0.05) is 19.0 Å². The molecule has 0 radical (unpaired) electrons. The largest absolute Gasteiger partial charge is 0.378 e. The van der Waals surface area contributed by atoms with E-state index in [-0.39, 0.29) is 5.91 Å². The van der Waals surface area contributed by atoms with Crippen molar-refractivity contribution in [1.82, 2.24) is 10.3 Å². The third kappa shape index (κ3) is 4.43. The van der Waals surface area contributed by atoms with Crippen molar-refractivity contribution in [2.75, 3.05) is 7.11 Å². The van der Waals surface area contributed by atoms with E-state index in [1.54, 1.807) is 7.11 Å². The number of aromatic nitrogens is 1. The Morgan fingerprint density at radius 3 is 2.80 bits per heavy atom. The summed E-state index contributed by atoms with van der Waals surface area (Å²) in [5.41, 5.74) is 3.11. The predicted octanol–water partition coefficient (Wildman–Crippen LogP) is 2.46. The van der Waals surface area contributed by atoms with Crippen molar-refractivity contribution in [1.29, 1.82) is 0 Å². The quantitative estimate of drug-likeness (QED) is 0.889. The minimum atomic E-state index is -0.0140. The van der Waals surface area contributed by atoms with E-state index in [2.05, 4.69) is 10.3 Å². The average molecular weight is 290 g/mol. The van der Waals surface area contributed by atoms with E-state index >= 15 is 0 Å². The van der Waals surface area contributed by atoms with Gasteiger partial charge >= 0.3 is 0 Å². The molecule has 5 heteroatoms. The number of amides is 1. The van der Waals surface area contributed by atoms with Crippen molar-refractivity contribution in [2.45, 2.75) is 26.5 Å². The van der Waals surface area contributed by atoms with Gasteiger partial charge in [-0.05, 0) is 12.5 Å². The van der Waals surface area contributed by atoms with Crippen LogP contribution in [0.2, 0.25) is 0 Å². The van der Waals surface area contributed by atoms with Crippen LogP contribution in [0, 0.1) is 6.92 Å². The van der Waals surface area contributed by atoms with E-state index in [1.165, 1.54) is 16.9 Å². The number of ether oxygens (including phenoxy) is 1. The van der Waals surface area contributed by atoms with Crippen LogP contribution in [0.15, 0.2) is 29.6 Å². The molecule has 106 valence electrons. The summed E-state index contributed by atoms with van der Waals surface area (Å²) in [5.74, 6) is -0.0140. The third-order valence-electron chi connectivity index (χ3n) is 2.82. The SMILES string of the molecule is COCc1nc(CC(=O)NCc2ccc(C)cc2)cs1. The number of thiazole rings is 1. The smallest absolute Gasteiger partial charge is 0.226 e. The minimum Gasteiger partial charge on any atom is -0.378 e. The molecule has 1 N–H and O–H groups in total. The minimum absolute atomic E-state index is 0.0140. The Hall–Kier alpha value is -1.72. The van der Waals surface area contributed by atoms with Crippen LogP contribution in [0.25, 0.3) is 0 Å². The van der Waals surface area contributed by atoms with Gasteiger partial charge in [0.25, 0.3) is 0 Å². The molecule has 4 nitrogen and oxygen atoms in total. The van der Waals surface area contributed by atoms with Crippen LogP contribution in [0.3, 0.4) is 0 Å². The Bertz CT molecular complexity index is 564. The number of aryl methyl sites for hydroxylation is 1. The Balaban J connectivity index is 1.81. The second-order valence-electron chi connectivity index (χ2n) is 4.60. The highest BCUT2D eigenvalue weighted by Gasteiger charge is 2.07. The molecule has 0 aliphatic rings. The number of methoxy groups -OCH3 is 1. The standard InChI is InChI=1S/C15H18N2O2S/c1-11-3-5-12(6-4-11)8-16-14(18)7-13-10-20-15(17-13)9-19-2/h3-6,10H,7-9H2,1-2H3,(H,16,18). The number of benzene rings is 1. The van der Waals surface area contributed by atoms with E-state index in [0.717, 1.165) is 16.3 Å². The van der Waals surface area contributed by atoms with Gasteiger partial charge < -0.3 is 10.1 Å². The van der Waals surface area contributed by atoms with Gasteiger partial charge in [-0.15, -0.1) is 11.3 Å². The molecule has 1 heterocycles. The number of carbonyl (C=O) groups excluding carboxylic acids is 1. The molecular weight excluding hydrogens is 272 g/mol.